The highest BCUT2D eigenvalue weighted by atomic mass is 16.5. The summed E-state index contributed by atoms with van der Waals surface area (Å²) in [5.41, 5.74) is 7.81. The van der Waals surface area contributed by atoms with Crippen molar-refractivity contribution in [2.75, 3.05) is 17.7 Å². The molecule has 1 rings (SSSR count). The second-order valence-electron chi connectivity index (χ2n) is 5.18. The summed E-state index contributed by atoms with van der Waals surface area (Å²) in [6.45, 7) is 8.48. The van der Waals surface area contributed by atoms with Crippen LogP contribution in [-0.4, -0.2) is 19.2 Å². The zero-order chi connectivity index (χ0) is 13.7. The molecule has 0 aliphatic carbocycles. The van der Waals surface area contributed by atoms with E-state index in [1.165, 1.54) is 12.8 Å². The molecule has 0 aromatic heterocycles. The quantitative estimate of drug-likeness (QED) is 0.783. The third kappa shape index (κ3) is 4.13. The van der Waals surface area contributed by atoms with Crippen molar-refractivity contribution in [3.05, 3.63) is 18.2 Å². The van der Waals surface area contributed by atoms with Crippen molar-refractivity contribution in [1.29, 1.82) is 0 Å². The van der Waals surface area contributed by atoms with Crippen LogP contribution in [0.2, 0.25) is 0 Å². The lowest BCUT2D eigenvalue weighted by Crippen LogP contribution is -2.28. The maximum Gasteiger partial charge on any atom is 0.123 e. The Morgan fingerprint density at radius 3 is 2.44 bits per heavy atom. The zero-order valence-electron chi connectivity index (χ0n) is 12.2. The molecule has 0 aliphatic heterocycles. The Balaban J connectivity index is 2.91. The summed E-state index contributed by atoms with van der Waals surface area (Å²) >= 11 is 0. The number of hydrogen-bond donors (Lipinski definition) is 1. The molecular weight excluding hydrogens is 224 g/mol. The SMILES string of the molecule is CCCC(C)N(C)c1cc(N)cc(OC(C)C)c1. The molecular formula is C15H26N2O. The van der Waals surface area contributed by atoms with E-state index in [1.807, 2.05) is 26.0 Å². The number of nitrogen functional groups attached to an aromatic ring is 1. The van der Waals surface area contributed by atoms with Crippen molar-refractivity contribution >= 4 is 11.4 Å². The first-order valence-corrected chi connectivity index (χ1v) is 6.74. The second kappa shape index (κ2) is 6.53. The maximum absolute atomic E-state index is 5.94. The van der Waals surface area contributed by atoms with Crippen molar-refractivity contribution in [2.45, 2.75) is 52.7 Å². The molecule has 2 N–H and O–H groups in total. The van der Waals surface area contributed by atoms with Gasteiger partial charge in [-0.05, 0) is 33.3 Å². The van der Waals surface area contributed by atoms with Gasteiger partial charge in [-0.3, -0.25) is 0 Å². The van der Waals surface area contributed by atoms with E-state index in [9.17, 15) is 0 Å². The van der Waals surface area contributed by atoms with Crippen LogP contribution in [0, 0.1) is 0 Å². The van der Waals surface area contributed by atoms with Gasteiger partial charge in [0.05, 0.1) is 6.10 Å². The van der Waals surface area contributed by atoms with Gasteiger partial charge in [0, 0.05) is 36.6 Å². The van der Waals surface area contributed by atoms with Gasteiger partial charge in [0.2, 0.25) is 0 Å². The lowest BCUT2D eigenvalue weighted by atomic mass is 10.1. The maximum atomic E-state index is 5.94. The average Bonchev–Trinajstić information content (AvgIpc) is 2.26. The summed E-state index contributed by atoms with van der Waals surface area (Å²) in [5.74, 6) is 0.843. The number of ether oxygens (including phenoxy) is 1. The van der Waals surface area contributed by atoms with Crippen molar-refractivity contribution in [3.63, 3.8) is 0 Å². The minimum atomic E-state index is 0.165. The number of rotatable bonds is 6. The van der Waals surface area contributed by atoms with E-state index in [0.717, 1.165) is 17.1 Å². The van der Waals surface area contributed by atoms with Gasteiger partial charge < -0.3 is 15.4 Å². The fraction of sp³-hybridized carbons (Fsp3) is 0.600. The molecule has 0 saturated heterocycles. The van der Waals surface area contributed by atoms with Gasteiger partial charge in [-0.25, -0.2) is 0 Å². The summed E-state index contributed by atoms with van der Waals surface area (Å²) in [4.78, 5) is 2.26. The third-order valence-electron chi connectivity index (χ3n) is 3.06. The third-order valence-corrected chi connectivity index (χ3v) is 3.06. The molecule has 0 aliphatic rings. The summed E-state index contributed by atoms with van der Waals surface area (Å²) in [5, 5.41) is 0. The molecule has 1 unspecified atom stereocenters. The highest BCUT2D eigenvalue weighted by Gasteiger charge is 2.11. The minimum absolute atomic E-state index is 0.165. The van der Waals surface area contributed by atoms with Crippen LogP contribution >= 0.6 is 0 Å². The number of nitrogens with zero attached hydrogens (tertiary/aromatic N) is 1. The van der Waals surface area contributed by atoms with Crippen LogP contribution in [0.1, 0.15) is 40.5 Å². The molecule has 1 atom stereocenters. The summed E-state index contributed by atoms with van der Waals surface area (Å²) in [6, 6.07) is 6.44. The molecule has 0 spiro atoms. The molecule has 1 aromatic rings. The van der Waals surface area contributed by atoms with E-state index < -0.39 is 0 Å². The second-order valence-corrected chi connectivity index (χ2v) is 5.18. The monoisotopic (exact) mass is 250 g/mol. The molecule has 0 bridgehead atoms. The fourth-order valence-electron chi connectivity index (χ4n) is 2.02. The molecule has 0 radical (unpaired) electrons. The standard InChI is InChI=1S/C15H26N2O/c1-6-7-12(4)17(5)14-8-13(16)9-15(10-14)18-11(2)3/h8-12H,6-7,16H2,1-5H3. The molecule has 102 valence electrons. The van der Waals surface area contributed by atoms with E-state index in [-0.39, 0.29) is 6.10 Å². The van der Waals surface area contributed by atoms with E-state index in [2.05, 4.69) is 31.9 Å². The van der Waals surface area contributed by atoms with E-state index in [1.54, 1.807) is 0 Å². The Bertz CT molecular complexity index is 377. The molecule has 3 heteroatoms. The molecule has 3 nitrogen and oxygen atoms in total. The molecule has 0 saturated carbocycles. The zero-order valence-corrected chi connectivity index (χ0v) is 12.2. The Hall–Kier alpha value is -1.38. The normalized spacial score (nSPS) is 12.6. The summed E-state index contributed by atoms with van der Waals surface area (Å²) < 4.78 is 5.72. The van der Waals surface area contributed by atoms with Crippen LogP contribution < -0.4 is 15.4 Å². The minimum Gasteiger partial charge on any atom is -0.491 e. The Kier molecular flexibility index (Phi) is 5.32. The van der Waals surface area contributed by atoms with Crippen molar-refractivity contribution in [3.8, 4) is 5.75 Å². The van der Waals surface area contributed by atoms with Gasteiger partial charge in [0.25, 0.3) is 0 Å². The summed E-state index contributed by atoms with van der Waals surface area (Å²) in [6.07, 6.45) is 2.52. The molecule has 0 fully saturated rings. The molecule has 0 heterocycles. The predicted molar refractivity (Wildman–Crippen MR) is 79.4 cm³/mol. The van der Waals surface area contributed by atoms with Gasteiger partial charge in [-0.2, -0.15) is 0 Å². The molecule has 0 amide bonds. The summed E-state index contributed by atoms with van der Waals surface area (Å²) in [7, 11) is 2.11. The van der Waals surface area contributed by atoms with Gasteiger partial charge in [-0.1, -0.05) is 13.3 Å². The first-order valence-electron chi connectivity index (χ1n) is 6.74. The fourth-order valence-corrected chi connectivity index (χ4v) is 2.02. The number of nitrogens with two attached hydrogens (primary N) is 1. The number of hydrogen-bond acceptors (Lipinski definition) is 3. The van der Waals surface area contributed by atoms with Crippen molar-refractivity contribution in [2.24, 2.45) is 0 Å². The van der Waals surface area contributed by atoms with Crippen molar-refractivity contribution in [1.82, 2.24) is 0 Å². The lowest BCUT2D eigenvalue weighted by molar-refractivity contribution is 0.242. The first kappa shape index (κ1) is 14.7. The van der Waals surface area contributed by atoms with Crippen LogP contribution in [0.25, 0.3) is 0 Å². The van der Waals surface area contributed by atoms with Gasteiger partial charge in [-0.15, -0.1) is 0 Å². The Labute approximate surface area is 111 Å². The van der Waals surface area contributed by atoms with Crippen LogP contribution in [0.15, 0.2) is 18.2 Å². The Morgan fingerprint density at radius 1 is 1.22 bits per heavy atom. The highest BCUT2D eigenvalue weighted by Crippen LogP contribution is 2.27. The first-order chi connectivity index (χ1) is 8.43. The van der Waals surface area contributed by atoms with Crippen LogP contribution in [-0.2, 0) is 0 Å². The number of benzene rings is 1. The largest absolute Gasteiger partial charge is 0.491 e. The van der Waals surface area contributed by atoms with Gasteiger partial charge in [0.15, 0.2) is 0 Å². The highest BCUT2D eigenvalue weighted by molar-refractivity contribution is 5.60. The average molecular weight is 250 g/mol. The van der Waals surface area contributed by atoms with E-state index >= 15 is 0 Å². The van der Waals surface area contributed by atoms with Crippen LogP contribution in [0.5, 0.6) is 5.75 Å². The van der Waals surface area contributed by atoms with Gasteiger partial charge in [0.1, 0.15) is 5.75 Å². The Morgan fingerprint density at radius 2 is 1.89 bits per heavy atom. The van der Waals surface area contributed by atoms with Crippen LogP contribution in [0.4, 0.5) is 11.4 Å². The molecule has 1 aromatic carbocycles. The van der Waals surface area contributed by atoms with E-state index in [0.29, 0.717) is 6.04 Å². The van der Waals surface area contributed by atoms with Gasteiger partial charge >= 0.3 is 0 Å². The van der Waals surface area contributed by atoms with Crippen LogP contribution in [0.3, 0.4) is 0 Å². The topological polar surface area (TPSA) is 38.5 Å². The van der Waals surface area contributed by atoms with E-state index in [4.69, 9.17) is 10.5 Å². The predicted octanol–water partition coefficient (Wildman–Crippen LogP) is 3.68. The number of anilines is 2. The smallest absolute Gasteiger partial charge is 0.123 e. The lowest BCUT2D eigenvalue weighted by Gasteiger charge is -2.27. The van der Waals surface area contributed by atoms with Crippen molar-refractivity contribution < 1.29 is 4.74 Å². The molecule has 18 heavy (non-hydrogen) atoms.